The molecule has 0 radical (unpaired) electrons. The Morgan fingerprint density at radius 1 is 0.895 bits per heavy atom. The normalized spacial score (nSPS) is 24.0. The van der Waals surface area contributed by atoms with Gasteiger partial charge < -0.3 is 50.9 Å². The van der Waals surface area contributed by atoms with Gasteiger partial charge >= 0.3 is 29.5 Å². The van der Waals surface area contributed by atoms with Gasteiger partial charge in [-0.2, -0.15) is 25.5 Å². The van der Waals surface area contributed by atoms with Gasteiger partial charge in [0.1, 0.15) is 12.1 Å². The van der Waals surface area contributed by atoms with Crippen molar-refractivity contribution in [1.29, 1.82) is 0 Å². The van der Waals surface area contributed by atoms with Crippen LogP contribution in [0.5, 0.6) is 0 Å². The zero-order valence-corrected chi connectivity index (χ0v) is 34.5. The van der Waals surface area contributed by atoms with Crippen molar-refractivity contribution < 1.29 is 65.5 Å². The number of hydrogen-bond acceptors (Lipinski definition) is 15. The van der Waals surface area contributed by atoms with E-state index in [0.717, 1.165) is 57.1 Å². The Morgan fingerprint density at radius 3 is 2.33 bits per heavy atom. The van der Waals surface area contributed by atoms with Crippen LogP contribution in [0.4, 0.5) is 10.6 Å². The van der Waals surface area contributed by atoms with Crippen molar-refractivity contribution in [3.05, 3.63) is 12.5 Å². The van der Waals surface area contributed by atoms with Crippen molar-refractivity contribution in [2.45, 2.75) is 107 Å². The Morgan fingerprint density at radius 2 is 1.60 bits per heavy atom. The lowest BCUT2D eigenvalue weighted by Gasteiger charge is -2.18. The number of ether oxygens (including phenoxy) is 1. The van der Waals surface area contributed by atoms with Crippen LogP contribution < -0.4 is 26.6 Å². The van der Waals surface area contributed by atoms with E-state index in [1.54, 1.807) is 6.20 Å². The minimum absolute atomic E-state index is 0.0120. The Labute approximate surface area is 332 Å². The first-order valence-electron chi connectivity index (χ1n) is 18.7. The first kappa shape index (κ1) is 45.4. The van der Waals surface area contributed by atoms with Crippen molar-refractivity contribution in [3.63, 3.8) is 0 Å². The lowest BCUT2D eigenvalue weighted by molar-refractivity contribution is -0.122. The van der Waals surface area contributed by atoms with Gasteiger partial charge in [-0.1, -0.05) is 12.8 Å². The summed E-state index contributed by atoms with van der Waals surface area (Å²) in [5.74, 6) is 1.51. The first-order chi connectivity index (χ1) is 27.1. The molecule has 57 heavy (non-hydrogen) atoms. The second-order valence-electron chi connectivity index (χ2n) is 13.7. The molecule has 27 heteroatoms. The van der Waals surface area contributed by atoms with Crippen LogP contribution >= 0.6 is 35.2 Å². The fourth-order valence-corrected chi connectivity index (χ4v) is 11.2. The number of phosphoric ester groups is 1. The quantitative estimate of drug-likeness (QED) is 0.0393. The molecule has 2 aromatic heterocycles. The molecule has 3 saturated heterocycles. The predicted octanol–water partition coefficient (Wildman–Crippen LogP) is 2.56. The van der Waals surface area contributed by atoms with Crippen molar-refractivity contribution in [1.82, 2.24) is 41.0 Å². The van der Waals surface area contributed by atoms with Gasteiger partial charge in [0, 0.05) is 43.5 Å². The molecule has 3 aliphatic heterocycles. The number of hydrogen-bond donors (Lipinski definition) is 9. The van der Waals surface area contributed by atoms with Gasteiger partial charge in [0.2, 0.25) is 11.8 Å². The number of nitrogens with zero attached hydrogens (tertiary/aromatic N) is 4. The van der Waals surface area contributed by atoms with E-state index >= 15 is 0 Å². The zero-order chi connectivity index (χ0) is 41.1. The summed E-state index contributed by atoms with van der Waals surface area (Å²) in [6.07, 6.45) is 9.81. The number of carbonyl (C=O) groups is 3. The third-order valence-corrected chi connectivity index (χ3v) is 14.6. The predicted molar refractivity (Wildman–Crippen MR) is 204 cm³/mol. The highest BCUT2D eigenvalue weighted by Gasteiger charge is 2.43. The number of urea groups is 1. The van der Waals surface area contributed by atoms with Gasteiger partial charge in [-0.25, -0.2) is 33.1 Å². The number of fused-ring (bicyclic) bond motifs is 2. The maximum absolute atomic E-state index is 12.3. The van der Waals surface area contributed by atoms with Gasteiger partial charge in [0.05, 0.1) is 36.4 Å². The van der Waals surface area contributed by atoms with E-state index < -0.39 is 42.4 Å². The summed E-state index contributed by atoms with van der Waals surface area (Å²) in [5.41, 5.74) is 0.462. The molecule has 320 valence electrons. The molecule has 0 bridgehead atoms. The van der Waals surface area contributed by atoms with E-state index in [9.17, 15) is 37.9 Å². The van der Waals surface area contributed by atoms with E-state index in [1.807, 2.05) is 11.8 Å². The standard InChI is InChI=1S/C30H50N9O14P3S/c40-24(9-2-1-5-13-31-25(41)10-4-3-8-23-27-22(18-57-23)37-30(42)38-27)32-14-6-7-15-33-28-21-16-36-39(29(21)35-19-34-28)26-12-11-20(51-26)17-50-55(46,47)53-56(48,49)52-54(43,44)45/h16,19-20,22-23,26-27H,1-15,17-18H2,(H,31,41)(H,32,40)(H,46,47)(H,48,49)(H,33,34,35)(H2,37,38,42)(H2,43,44,45)/t20?,22-,23?,26?,27-/m0/s1. The SMILES string of the molecule is O=C(CCCCCNC(=O)CCCCC1SC[C@@H]2NC(=O)N[C@H]12)NCCCCNc1ncnc2c1cnn2C1CCC(COP(=O)(O)OP(=O)(O)OP(=O)(O)O)O1. The molecule has 0 aliphatic carbocycles. The molecular weight excluding hydrogens is 835 g/mol. The Balaban J connectivity index is 0.883. The molecule has 2 aromatic rings. The van der Waals surface area contributed by atoms with E-state index in [-0.39, 0.29) is 29.9 Å². The number of thioether (sulfide) groups is 1. The summed E-state index contributed by atoms with van der Waals surface area (Å²) in [6.45, 7) is 1.13. The Kier molecular flexibility index (Phi) is 16.7. The monoisotopic (exact) mass is 885 g/mol. The molecule has 23 nitrogen and oxygen atoms in total. The van der Waals surface area contributed by atoms with Gasteiger partial charge in [0.15, 0.2) is 11.9 Å². The summed E-state index contributed by atoms with van der Waals surface area (Å²) in [4.78, 5) is 80.9. The maximum atomic E-state index is 12.3. The number of phosphoric acid groups is 3. The molecule has 5 unspecified atom stereocenters. The number of nitrogens with one attached hydrogen (secondary N) is 5. The van der Waals surface area contributed by atoms with Crippen LogP contribution in [0.25, 0.3) is 11.0 Å². The number of rotatable bonds is 25. The summed E-state index contributed by atoms with van der Waals surface area (Å²) < 4.78 is 53.8. The lowest BCUT2D eigenvalue weighted by Crippen LogP contribution is -2.36. The summed E-state index contributed by atoms with van der Waals surface area (Å²) in [6, 6.07) is 0.325. The first-order valence-corrected chi connectivity index (χ1v) is 24.2. The fourth-order valence-electron chi connectivity index (χ4n) is 6.63. The average Bonchev–Trinajstić information content (AvgIpc) is 3.92. The number of unbranched alkanes of at least 4 members (excludes halogenated alkanes) is 4. The van der Waals surface area contributed by atoms with Crippen molar-refractivity contribution in [2.75, 3.05) is 37.3 Å². The summed E-state index contributed by atoms with van der Waals surface area (Å²) in [7, 11) is -16.4. The third-order valence-electron chi connectivity index (χ3n) is 9.29. The highest BCUT2D eigenvalue weighted by atomic mass is 32.2. The van der Waals surface area contributed by atoms with E-state index in [0.29, 0.717) is 67.4 Å². The van der Waals surface area contributed by atoms with E-state index in [2.05, 4.69) is 54.8 Å². The number of aromatic nitrogens is 4. The van der Waals surface area contributed by atoms with Crippen LogP contribution in [0.15, 0.2) is 12.5 Å². The highest BCUT2D eigenvalue weighted by Crippen LogP contribution is 2.66. The van der Waals surface area contributed by atoms with Crippen LogP contribution in [0, 0.1) is 0 Å². The van der Waals surface area contributed by atoms with Gasteiger partial charge in [-0.3, -0.25) is 14.1 Å². The largest absolute Gasteiger partial charge is 0.490 e. The van der Waals surface area contributed by atoms with E-state index in [1.165, 1.54) is 11.0 Å². The fraction of sp³-hybridized carbons (Fsp3) is 0.733. The van der Waals surface area contributed by atoms with Gasteiger partial charge in [0.25, 0.3) is 0 Å². The van der Waals surface area contributed by atoms with Gasteiger partial charge in [-0.05, 0) is 51.4 Å². The third kappa shape index (κ3) is 14.8. The summed E-state index contributed by atoms with van der Waals surface area (Å²) in [5, 5.41) is 20.5. The molecule has 3 fully saturated rings. The lowest BCUT2D eigenvalue weighted by atomic mass is 10.0. The molecule has 0 spiro atoms. The second kappa shape index (κ2) is 21.0. The van der Waals surface area contributed by atoms with E-state index in [4.69, 9.17) is 14.5 Å². The molecule has 5 heterocycles. The molecule has 4 amide bonds. The molecule has 7 atom stereocenters. The molecule has 5 rings (SSSR count). The molecule has 0 saturated carbocycles. The smallest absolute Gasteiger partial charge is 0.369 e. The van der Waals surface area contributed by atoms with Crippen LogP contribution in [-0.4, -0.2) is 113 Å². The van der Waals surface area contributed by atoms with Crippen molar-refractivity contribution >= 4 is 69.9 Å². The van der Waals surface area contributed by atoms with Crippen LogP contribution in [0.1, 0.15) is 83.3 Å². The van der Waals surface area contributed by atoms with Crippen molar-refractivity contribution in [2.24, 2.45) is 0 Å². The average molecular weight is 886 g/mol. The van der Waals surface area contributed by atoms with Crippen LogP contribution in [0.3, 0.4) is 0 Å². The number of anilines is 1. The number of carbonyl (C=O) groups excluding carboxylic acids is 3. The minimum Gasteiger partial charge on any atom is -0.369 e. The molecular formula is C30H50N9O14P3S. The van der Waals surface area contributed by atoms with Gasteiger partial charge in [-0.15, -0.1) is 0 Å². The zero-order valence-electron chi connectivity index (χ0n) is 31.0. The van der Waals surface area contributed by atoms with Crippen LogP contribution in [0.2, 0.25) is 0 Å². The Bertz CT molecular complexity index is 1840. The minimum atomic E-state index is -5.62. The molecule has 3 aliphatic rings. The maximum Gasteiger partial charge on any atom is 0.490 e. The summed E-state index contributed by atoms with van der Waals surface area (Å²) >= 11 is 1.88. The Hall–Kier alpha value is -2.72. The molecule has 0 aromatic carbocycles. The highest BCUT2D eigenvalue weighted by molar-refractivity contribution is 8.00. The number of amides is 4. The topological polar surface area (TPSA) is 324 Å². The second-order valence-corrected chi connectivity index (χ2v) is 19.4. The van der Waals surface area contributed by atoms with Crippen LogP contribution in [-0.2, 0) is 41.2 Å². The molecule has 9 N–H and O–H groups in total. The van der Waals surface area contributed by atoms with Crippen molar-refractivity contribution in [3.8, 4) is 0 Å².